The molecule has 13 N–H and O–H groups in total. The minimum absolute atomic E-state index is 0.0725. The average Bonchev–Trinajstić information content (AvgIpc) is 3.71. The second-order valence-corrected chi connectivity index (χ2v) is 15.2. The largest absolute Gasteiger partial charge is 0.481 e. The standard InChI is InChI=1S/C40H60N8O14/c1-3-22(2)33(47-37(58)29-13-9-19-48(29)39(60)24(42)20-23-10-5-4-6-11-23)38(59)44-26(15-17-31(51)52)34(55)43-25(14-16-30(49)50)35(56)46-28(21-32(53)54)36(57)45-27(40(61)62)12-7-8-18-41/h4-6,10-11,22,24-29,33H,3,7-9,12-21,41-42H2,1-2H3,(H,43,55)(H,44,59)(H,45,57)(H,46,56)(H,47,58)(H,49,50)(H,51,52)(H,53,54)(H,61,62). The van der Waals surface area contributed by atoms with Gasteiger partial charge in [0.15, 0.2) is 0 Å². The average molecular weight is 877 g/mol. The van der Waals surface area contributed by atoms with Crippen molar-refractivity contribution in [3.63, 3.8) is 0 Å². The van der Waals surface area contributed by atoms with Crippen LogP contribution in [0.3, 0.4) is 0 Å². The molecule has 8 unspecified atom stereocenters. The molecule has 0 spiro atoms. The van der Waals surface area contributed by atoms with Crippen molar-refractivity contribution in [3.05, 3.63) is 35.9 Å². The first-order valence-corrected chi connectivity index (χ1v) is 20.5. The number of likely N-dealkylation sites (tertiary alicyclic amines) is 1. The smallest absolute Gasteiger partial charge is 0.326 e. The Morgan fingerprint density at radius 1 is 0.710 bits per heavy atom. The zero-order valence-corrected chi connectivity index (χ0v) is 34.9. The van der Waals surface area contributed by atoms with Gasteiger partial charge < -0.3 is 63.4 Å². The number of unbranched alkanes of at least 4 members (excludes halogenated alkanes) is 1. The molecule has 1 aliphatic rings. The number of hydrogen-bond donors (Lipinski definition) is 11. The number of amides is 6. The number of rotatable bonds is 28. The molecule has 0 aromatic heterocycles. The van der Waals surface area contributed by atoms with Crippen LogP contribution in [-0.4, -0.2) is 140 Å². The van der Waals surface area contributed by atoms with E-state index in [1.165, 1.54) is 4.90 Å². The Morgan fingerprint density at radius 2 is 1.24 bits per heavy atom. The van der Waals surface area contributed by atoms with Crippen LogP contribution in [0.1, 0.15) is 90.0 Å². The molecule has 0 bridgehead atoms. The van der Waals surface area contributed by atoms with E-state index in [-0.39, 0.29) is 32.4 Å². The molecule has 1 aromatic carbocycles. The summed E-state index contributed by atoms with van der Waals surface area (Å²) in [4.78, 5) is 129. The van der Waals surface area contributed by atoms with Crippen LogP contribution in [0.2, 0.25) is 0 Å². The third kappa shape index (κ3) is 17.4. The number of carbonyl (C=O) groups excluding carboxylic acids is 6. The normalized spacial score (nSPS) is 16.8. The number of carboxylic acid groups (broad SMARTS) is 4. The van der Waals surface area contributed by atoms with Crippen LogP contribution in [-0.2, 0) is 54.4 Å². The van der Waals surface area contributed by atoms with Crippen molar-refractivity contribution < 1.29 is 68.4 Å². The number of carbonyl (C=O) groups is 10. The van der Waals surface area contributed by atoms with Gasteiger partial charge in [0.05, 0.1) is 12.5 Å². The number of carboxylic acids is 4. The Labute approximate surface area is 358 Å². The Kier molecular flexibility index (Phi) is 22.0. The first-order valence-electron chi connectivity index (χ1n) is 20.5. The minimum atomic E-state index is -1.89. The van der Waals surface area contributed by atoms with Crippen molar-refractivity contribution in [1.82, 2.24) is 31.5 Å². The SMILES string of the molecule is CCC(C)C(NC(=O)C1CCCN1C(=O)C(N)Cc1ccccc1)C(=O)NC(CCC(=O)O)C(=O)NC(CCC(=O)O)C(=O)NC(CC(=O)O)C(=O)NC(CCCCN)C(=O)O. The maximum Gasteiger partial charge on any atom is 0.326 e. The van der Waals surface area contributed by atoms with Gasteiger partial charge in [0, 0.05) is 19.4 Å². The van der Waals surface area contributed by atoms with Gasteiger partial charge in [-0.2, -0.15) is 0 Å². The molecule has 0 saturated carbocycles. The molecule has 0 aliphatic carbocycles. The lowest BCUT2D eigenvalue weighted by atomic mass is 9.96. The predicted octanol–water partition coefficient (Wildman–Crippen LogP) is -1.56. The number of hydrogen-bond acceptors (Lipinski definition) is 12. The fourth-order valence-corrected chi connectivity index (χ4v) is 6.71. The number of nitrogens with zero attached hydrogens (tertiary/aromatic N) is 1. The van der Waals surface area contributed by atoms with Crippen molar-refractivity contribution in [2.24, 2.45) is 17.4 Å². The summed E-state index contributed by atoms with van der Waals surface area (Å²) in [5.41, 5.74) is 12.5. The van der Waals surface area contributed by atoms with Crippen LogP contribution in [0.15, 0.2) is 30.3 Å². The molecule has 344 valence electrons. The van der Waals surface area contributed by atoms with E-state index < -0.39 is 140 Å². The third-order valence-corrected chi connectivity index (χ3v) is 10.4. The van der Waals surface area contributed by atoms with Gasteiger partial charge in [0.2, 0.25) is 35.4 Å². The highest BCUT2D eigenvalue weighted by atomic mass is 16.4. The highest BCUT2D eigenvalue weighted by Crippen LogP contribution is 2.21. The van der Waals surface area contributed by atoms with Gasteiger partial charge >= 0.3 is 23.9 Å². The van der Waals surface area contributed by atoms with Gasteiger partial charge in [-0.1, -0.05) is 50.6 Å². The van der Waals surface area contributed by atoms with Crippen LogP contribution in [0.25, 0.3) is 0 Å². The molecule has 1 aliphatic heterocycles. The van der Waals surface area contributed by atoms with Gasteiger partial charge in [-0.05, 0) is 69.4 Å². The van der Waals surface area contributed by atoms with Crippen LogP contribution in [0.4, 0.5) is 0 Å². The van der Waals surface area contributed by atoms with Crippen molar-refractivity contribution in [2.75, 3.05) is 13.1 Å². The lowest BCUT2D eigenvalue weighted by Crippen LogP contribution is -2.60. The summed E-state index contributed by atoms with van der Waals surface area (Å²) >= 11 is 0. The van der Waals surface area contributed by atoms with Gasteiger partial charge in [0.1, 0.15) is 36.3 Å². The van der Waals surface area contributed by atoms with Gasteiger partial charge in [-0.25, -0.2) is 4.79 Å². The van der Waals surface area contributed by atoms with Crippen molar-refractivity contribution in [3.8, 4) is 0 Å². The van der Waals surface area contributed by atoms with Crippen molar-refractivity contribution in [1.29, 1.82) is 0 Å². The molecule has 1 heterocycles. The molecule has 1 fully saturated rings. The molecule has 22 nitrogen and oxygen atoms in total. The first-order chi connectivity index (χ1) is 29.3. The lowest BCUT2D eigenvalue weighted by molar-refractivity contribution is -0.144. The first kappa shape index (κ1) is 52.0. The summed E-state index contributed by atoms with van der Waals surface area (Å²) < 4.78 is 0. The van der Waals surface area contributed by atoms with E-state index in [0.29, 0.717) is 25.7 Å². The van der Waals surface area contributed by atoms with E-state index in [0.717, 1.165) is 5.56 Å². The van der Waals surface area contributed by atoms with Crippen LogP contribution in [0.5, 0.6) is 0 Å². The molecule has 2 rings (SSSR count). The van der Waals surface area contributed by atoms with Gasteiger partial charge in [-0.15, -0.1) is 0 Å². The maximum absolute atomic E-state index is 13.9. The monoisotopic (exact) mass is 876 g/mol. The lowest BCUT2D eigenvalue weighted by Gasteiger charge is -2.31. The van der Waals surface area contributed by atoms with E-state index in [4.69, 9.17) is 11.5 Å². The second-order valence-electron chi connectivity index (χ2n) is 15.2. The van der Waals surface area contributed by atoms with Crippen LogP contribution in [0, 0.1) is 5.92 Å². The molecule has 22 heteroatoms. The van der Waals surface area contributed by atoms with Gasteiger partial charge in [0.25, 0.3) is 0 Å². The third-order valence-electron chi connectivity index (χ3n) is 10.4. The van der Waals surface area contributed by atoms with Crippen molar-refractivity contribution in [2.45, 2.75) is 133 Å². The van der Waals surface area contributed by atoms with Crippen molar-refractivity contribution >= 4 is 59.3 Å². The maximum atomic E-state index is 13.9. The van der Waals surface area contributed by atoms with E-state index in [1.807, 2.05) is 18.2 Å². The van der Waals surface area contributed by atoms with E-state index in [2.05, 4.69) is 26.6 Å². The molecule has 1 saturated heterocycles. The van der Waals surface area contributed by atoms with Gasteiger partial charge in [-0.3, -0.25) is 43.2 Å². The molecule has 8 atom stereocenters. The Balaban J connectivity index is 2.31. The number of benzene rings is 1. The summed E-state index contributed by atoms with van der Waals surface area (Å²) in [6.07, 6.45) is -1.66. The summed E-state index contributed by atoms with van der Waals surface area (Å²) in [5, 5.41) is 49.5. The van der Waals surface area contributed by atoms with E-state index >= 15 is 0 Å². The zero-order valence-electron chi connectivity index (χ0n) is 34.9. The number of nitrogens with one attached hydrogen (secondary N) is 5. The predicted molar refractivity (Wildman–Crippen MR) is 218 cm³/mol. The Morgan fingerprint density at radius 3 is 1.76 bits per heavy atom. The second kappa shape index (κ2) is 26.2. The Hall–Kier alpha value is -6.16. The highest BCUT2D eigenvalue weighted by Gasteiger charge is 2.39. The topological polar surface area (TPSA) is 367 Å². The quantitative estimate of drug-likeness (QED) is 0.0424. The van der Waals surface area contributed by atoms with E-state index in [9.17, 15) is 68.4 Å². The molecule has 62 heavy (non-hydrogen) atoms. The number of aliphatic carboxylic acids is 4. The summed E-state index contributed by atoms with van der Waals surface area (Å²) in [5.74, 6) is -12.0. The molecular weight excluding hydrogens is 816 g/mol. The number of nitrogens with two attached hydrogens (primary N) is 2. The zero-order chi connectivity index (χ0) is 46.5. The van der Waals surface area contributed by atoms with Crippen LogP contribution >= 0.6 is 0 Å². The van der Waals surface area contributed by atoms with E-state index in [1.54, 1.807) is 26.0 Å². The fourth-order valence-electron chi connectivity index (χ4n) is 6.71. The molecular formula is C40H60N8O14. The molecule has 6 amide bonds. The van der Waals surface area contributed by atoms with Crippen LogP contribution < -0.4 is 38.1 Å². The molecule has 0 radical (unpaired) electrons. The highest BCUT2D eigenvalue weighted by molar-refractivity contribution is 5.98. The Bertz CT molecular complexity index is 1750. The summed E-state index contributed by atoms with van der Waals surface area (Å²) in [6.45, 7) is 3.85. The summed E-state index contributed by atoms with van der Waals surface area (Å²) in [6, 6.07) is -1.02. The summed E-state index contributed by atoms with van der Waals surface area (Å²) in [7, 11) is 0. The minimum Gasteiger partial charge on any atom is -0.481 e. The molecule has 1 aromatic rings. The fraction of sp³-hybridized carbons (Fsp3) is 0.600.